The molecule has 0 heterocycles. The number of hydrogen-bond donors (Lipinski definition) is 2. The molecule has 0 amide bonds. The molecule has 0 bridgehead atoms. The van der Waals surface area contributed by atoms with Gasteiger partial charge in [0.15, 0.2) is 10.2 Å². The van der Waals surface area contributed by atoms with Gasteiger partial charge in [0.25, 0.3) is 0 Å². The molecule has 0 aromatic carbocycles. The summed E-state index contributed by atoms with van der Waals surface area (Å²) >= 11 is 6.65. The standard InChI is InChI=1S/2C2H4OS.C2H6/c2*1-2(3)4;1-2/h2*1H3,(H,3,4);1-2H3. The van der Waals surface area contributed by atoms with Crippen molar-refractivity contribution in [3.63, 3.8) is 0 Å². The molecule has 4 heteroatoms. The lowest BCUT2D eigenvalue weighted by Crippen LogP contribution is -1.62. The smallest absolute Gasteiger partial charge is 0.182 e. The summed E-state index contributed by atoms with van der Waals surface area (Å²) in [5.41, 5.74) is 0. The Labute approximate surface area is 73.2 Å². The predicted octanol–water partition coefficient (Wildman–Crippen LogP) is 1.95. The summed E-state index contributed by atoms with van der Waals surface area (Å²) in [5, 5.41) is -0.278. The fourth-order valence-electron chi connectivity index (χ4n) is 0. The molecule has 0 aliphatic heterocycles. The van der Waals surface area contributed by atoms with Crippen LogP contribution in [0.5, 0.6) is 0 Å². The molecule has 0 N–H and O–H groups in total. The molecule has 0 radical (unpaired) electrons. The summed E-state index contributed by atoms with van der Waals surface area (Å²) in [4.78, 5) is 18.6. The van der Waals surface area contributed by atoms with E-state index in [0.717, 1.165) is 0 Å². The van der Waals surface area contributed by atoms with Gasteiger partial charge in [-0.05, 0) is 0 Å². The van der Waals surface area contributed by atoms with E-state index in [0.29, 0.717) is 0 Å². The topological polar surface area (TPSA) is 34.1 Å². The number of rotatable bonds is 0. The summed E-state index contributed by atoms with van der Waals surface area (Å²) in [7, 11) is 0. The van der Waals surface area contributed by atoms with Crippen molar-refractivity contribution in [2.24, 2.45) is 0 Å². The molecule has 62 valence electrons. The van der Waals surface area contributed by atoms with E-state index in [1.54, 1.807) is 0 Å². The monoisotopic (exact) mass is 182 g/mol. The average molecular weight is 182 g/mol. The Hall–Kier alpha value is 0.0400. The van der Waals surface area contributed by atoms with Crippen molar-refractivity contribution in [3.8, 4) is 0 Å². The first-order chi connectivity index (χ1) is 4.46. The molecule has 0 rings (SSSR count). The van der Waals surface area contributed by atoms with Gasteiger partial charge in [0, 0.05) is 13.8 Å². The van der Waals surface area contributed by atoms with Crippen LogP contribution in [0.3, 0.4) is 0 Å². The van der Waals surface area contributed by atoms with Crippen molar-refractivity contribution >= 4 is 35.5 Å². The Balaban J connectivity index is -0.0000000787. The molecule has 0 aliphatic rings. The molecule has 0 spiro atoms. The van der Waals surface area contributed by atoms with Crippen LogP contribution in [-0.2, 0) is 9.59 Å². The van der Waals surface area contributed by atoms with Gasteiger partial charge < -0.3 is 0 Å². The van der Waals surface area contributed by atoms with Crippen LogP contribution in [0.1, 0.15) is 27.7 Å². The van der Waals surface area contributed by atoms with E-state index in [9.17, 15) is 9.59 Å². The summed E-state index contributed by atoms with van der Waals surface area (Å²) in [5.74, 6) is 0. The second kappa shape index (κ2) is 16.0. The van der Waals surface area contributed by atoms with Crippen LogP contribution >= 0.6 is 25.3 Å². The van der Waals surface area contributed by atoms with E-state index in [1.165, 1.54) is 13.8 Å². The highest BCUT2D eigenvalue weighted by atomic mass is 32.1. The first kappa shape index (κ1) is 16.6. The summed E-state index contributed by atoms with van der Waals surface area (Å²) in [6.07, 6.45) is 0. The molecule has 0 saturated heterocycles. The maximum atomic E-state index is 9.31. The highest BCUT2D eigenvalue weighted by Crippen LogP contribution is 1.66. The van der Waals surface area contributed by atoms with Gasteiger partial charge in [-0.25, -0.2) is 0 Å². The highest BCUT2D eigenvalue weighted by molar-refractivity contribution is 7.96. The lowest BCUT2D eigenvalue weighted by atomic mass is 10.9. The summed E-state index contributed by atoms with van der Waals surface area (Å²) < 4.78 is 0. The Kier molecular flexibility index (Phi) is 26.5. The van der Waals surface area contributed by atoms with Gasteiger partial charge in [-0.3, -0.25) is 9.59 Å². The fourth-order valence-corrected chi connectivity index (χ4v) is 0. The van der Waals surface area contributed by atoms with Crippen LogP contribution in [-0.4, -0.2) is 10.2 Å². The van der Waals surface area contributed by atoms with E-state index in [1.807, 2.05) is 13.8 Å². The summed E-state index contributed by atoms with van der Waals surface area (Å²) in [6, 6.07) is 0. The zero-order chi connectivity index (χ0) is 9.15. The van der Waals surface area contributed by atoms with Crippen LogP contribution < -0.4 is 0 Å². The first-order valence-corrected chi connectivity index (χ1v) is 3.75. The number of carbonyl (C=O) groups excluding carboxylic acids is 2. The highest BCUT2D eigenvalue weighted by Gasteiger charge is 1.64. The van der Waals surface area contributed by atoms with Gasteiger partial charge >= 0.3 is 0 Å². The lowest BCUT2D eigenvalue weighted by molar-refractivity contribution is -0.109. The Morgan fingerprint density at radius 2 is 0.900 bits per heavy atom. The zero-order valence-electron chi connectivity index (χ0n) is 6.71. The molecular formula is C6H14O2S2. The molecular weight excluding hydrogens is 168 g/mol. The fraction of sp³-hybridized carbons (Fsp3) is 0.667. The van der Waals surface area contributed by atoms with Crippen LogP contribution in [0, 0.1) is 0 Å². The van der Waals surface area contributed by atoms with Gasteiger partial charge in [0.05, 0.1) is 0 Å². The lowest BCUT2D eigenvalue weighted by Gasteiger charge is -1.55. The number of carbonyl (C=O) groups is 2. The van der Waals surface area contributed by atoms with Crippen molar-refractivity contribution in [2.75, 3.05) is 0 Å². The minimum Gasteiger partial charge on any atom is -0.288 e. The van der Waals surface area contributed by atoms with Crippen molar-refractivity contribution < 1.29 is 9.59 Å². The SMILES string of the molecule is CC.CC(=O)S.CC(=O)S. The van der Waals surface area contributed by atoms with Crippen molar-refractivity contribution in [2.45, 2.75) is 27.7 Å². The second-order valence-corrected chi connectivity index (χ2v) is 2.30. The normalized spacial score (nSPS) is 5.80. The maximum absolute atomic E-state index is 9.31. The van der Waals surface area contributed by atoms with Crippen molar-refractivity contribution in [1.29, 1.82) is 0 Å². The summed E-state index contributed by atoms with van der Waals surface area (Å²) in [6.45, 7) is 6.78. The van der Waals surface area contributed by atoms with E-state index in [2.05, 4.69) is 25.3 Å². The predicted molar refractivity (Wildman–Crippen MR) is 50.7 cm³/mol. The largest absolute Gasteiger partial charge is 0.288 e. The molecule has 0 unspecified atom stereocenters. The molecule has 0 fully saturated rings. The van der Waals surface area contributed by atoms with Crippen LogP contribution in [0.2, 0.25) is 0 Å². The van der Waals surface area contributed by atoms with Crippen LogP contribution in [0.4, 0.5) is 0 Å². The molecule has 0 aliphatic carbocycles. The second-order valence-electron chi connectivity index (χ2n) is 1.04. The van der Waals surface area contributed by atoms with Gasteiger partial charge in [-0.1, -0.05) is 13.8 Å². The number of thiol groups is 2. The zero-order valence-corrected chi connectivity index (χ0v) is 8.50. The average Bonchev–Trinajstić information content (AvgIpc) is 1.66. The van der Waals surface area contributed by atoms with E-state index in [-0.39, 0.29) is 10.2 Å². The number of hydrogen-bond acceptors (Lipinski definition) is 2. The Bertz CT molecular complexity index is 71.7. The van der Waals surface area contributed by atoms with Gasteiger partial charge in [0.1, 0.15) is 0 Å². The van der Waals surface area contributed by atoms with E-state index < -0.39 is 0 Å². The minimum atomic E-state index is -0.139. The van der Waals surface area contributed by atoms with Gasteiger partial charge in [-0.15, -0.1) is 25.3 Å². The quantitative estimate of drug-likeness (QED) is 0.561. The first-order valence-electron chi connectivity index (χ1n) is 2.86. The van der Waals surface area contributed by atoms with Crippen LogP contribution in [0.15, 0.2) is 0 Å². The van der Waals surface area contributed by atoms with Crippen molar-refractivity contribution in [1.82, 2.24) is 0 Å². The third-order valence-electron chi connectivity index (χ3n) is 0. The molecule has 10 heavy (non-hydrogen) atoms. The van der Waals surface area contributed by atoms with Crippen molar-refractivity contribution in [3.05, 3.63) is 0 Å². The molecule has 0 saturated carbocycles. The molecule has 0 aromatic rings. The third kappa shape index (κ3) is 249000. The van der Waals surface area contributed by atoms with E-state index >= 15 is 0 Å². The Morgan fingerprint density at radius 3 is 0.900 bits per heavy atom. The minimum absolute atomic E-state index is 0.139. The molecule has 0 atom stereocenters. The molecule has 2 nitrogen and oxygen atoms in total. The maximum Gasteiger partial charge on any atom is 0.182 e. The van der Waals surface area contributed by atoms with Gasteiger partial charge in [-0.2, -0.15) is 0 Å². The van der Waals surface area contributed by atoms with Crippen LogP contribution in [0.25, 0.3) is 0 Å². The third-order valence-corrected chi connectivity index (χ3v) is 0. The van der Waals surface area contributed by atoms with Gasteiger partial charge in [0.2, 0.25) is 0 Å². The molecule has 0 aromatic heterocycles. The Morgan fingerprint density at radius 1 is 0.900 bits per heavy atom. The van der Waals surface area contributed by atoms with E-state index in [4.69, 9.17) is 0 Å².